The molecule has 0 saturated heterocycles. The smallest absolute Gasteiger partial charge is 0.205 e. The van der Waals surface area contributed by atoms with Crippen LogP contribution in [0.4, 0.5) is 0 Å². The molecule has 1 heterocycles. The van der Waals surface area contributed by atoms with Gasteiger partial charge in [0, 0.05) is 16.8 Å². The maximum absolute atomic E-state index is 14.8. The number of rotatable bonds is 7. The minimum Gasteiger partial charge on any atom is -0.321 e. The number of nitrogens with zero attached hydrogens (tertiary/aromatic N) is 1. The Morgan fingerprint density at radius 3 is 1.88 bits per heavy atom. The quantitative estimate of drug-likeness (QED) is 0.313. The minimum atomic E-state index is -3.24. The zero-order chi connectivity index (χ0) is 23.4. The zero-order valence-electron chi connectivity index (χ0n) is 18.7. The molecule has 0 saturated carbocycles. The molecule has 1 aromatic heterocycles. The molecule has 0 amide bonds. The van der Waals surface area contributed by atoms with E-state index in [-0.39, 0.29) is 0 Å². The molecule has 5 heteroatoms. The highest BCUT2D eigenvalue weighted by atomic mass is 31.2. The lowest BCUT2D eigenvalue weighted by molar-refractivity contribution is 0.504. The summed E-state index contributed by atoms with van der Waals surface area (Å²) >= 11 is 0. The van der Waals surface area contributed by atoms with Crippen LogP contribution < -0.4 is 21.4 Å². The van der Waals surface area contributed by atoms with Crippen molar-refractivity contribution in [2.75, 3.05) is 0 Å². The minimum absolute atomic E-state index is 0.439. The molecule has 0 unspecified atom stereocenters. The van der Waals surface area contributed by atoms with Gasteiger partial charge in [-0.05, 0) is 58.8 Å². The van der Waals surface area contributed by atoms with E-state index in [1.54, 1.807) is 6.20 Å². The van der Waals surface area contributed by atoms with Crippen molar-refractivity contribution < 1.29 is 4.57 Å². The van der Waals surface area contributed by atoms with Gasteiger partial charge in [0.25, 0.3) is 0 Å². The van der Waals surface area contributed by atoms with Crippen molar-refractivity contribution in [3.05, 3.63) is 139 Å². The SMILES string of the molecule is N[C@@H](c1ccccn1)[C@H](NP(=O)(c1ccccc1)c1ccccc1)c1ccc2ccccc2c1. The van der Waals surface area contributed by atoms with Gasteiger partial charge >= 0.3 is 0 Å². The maximum atomic E-state index is 14.8. The number of hydrogen-bond acceptors (Lipinski definition) is 3. The zero-order valence-corrected chi connectivity index (χ0v) is 19.6. The third-order valence-electron chi connectivity index (χ3n) is 6.08. The van der Waals surface area contributed by atoms with Gasteiger partial charge in [0.1, 0.15) is 0 Å². The van der Waals surface area contributed by atoms with Gasteiger partial charge in [-0.3, -0.25) is 14.6 Å². The fraction of sp³-hybridized carbons (Fsp3) is 0.0690. The lowest BCUT2D eigenvalue weighted by Gasteiger charge is -2.31. The van der Waals surface area contributed by atoms with Crippen LogP contribution in [0.2, 0.25) is 0 Å². The molecule has 168 valence electrons. The lowest BCUT2D eigenvalue weighted by atomic mass is 9.96. The molecule has 34 heavy (non-hydrogen) atoms. The molecule has 4 nitrogen and oxygen atoms in total. The van der Waals surface area contributed by atoms with Crippen LogP contribution in [0.25, 0.3) is 10.8 Å². The van der Waals surface area contributed by atoms with Gasteiger partial charge in [0.15, 0.2) is 0 Å². The Balaban J connectivity index is 1.66. The van der Waals surface area contributed by atoms with Gasteiger partial charge in [-0.15, -0.1) is 0 Å². The van der Waals surface area contributed by atoms with Gasteiger partial charge in [-0.2, -0.15) is 0 Å². The number of nitrogens with two attached hydrogens (primary N) is 1. The Labute approximate surface area is 199 Å². The summed E-state index contributed by atoms with van der Waals surface area (Å²) in [6.07, 6.45) is 1.74. The van der Waals surface area contributed by atoms with Crippen LogP contribution in [0.5, 0.6) is 0 Å². The number of pyridine rings is 1. The van der Waals surface area contributed by atoms with Crippen LogP contribution in [0.1, 0.15) is 23.3 Å². The average Bonchev–Trinajstić information content (AvgIpc) is 2.92. The highest BCUT2D eigenvalue weighted by Crippen LogP contribution is 2.44. The van der Waals surface area contributed by atoms with Crippen molar-refractivity contribution in [2.45, 2.75) is 12.1 Å². The van der Waals surface area contributed by atoms with Crippen LogP contribution in [-0.2, 0) is 4.57 Å². The number of hydrogen-bond donors (Lipinski definition) is 2. The van der Waals surface area contributed by atoms with Gasteiger partial charge in [-0.25, -0.2) is 0 Å². The third-order valence-corrected chi connectivity index (χ3v) is 8.77. The Morgan fingerprint density at radius 2 is 1.26 bits per heavy atom. The molecule has 0 fully saturated rings. The standard InChI is InChI=1S/C29H26N3OP/c30-28(27-17-9-10-20-31-27)29(24-19-18-22-11-7-8-12-23(22)21-24)32-34(33,25-13-3-1-4-14-25)26-15-5-2-6-16-26/h1-21,28-29H,30H2,(H,32,33)/t28-,29+/m0/s1. The third kappa shape index (κ3) is 4.44. The summed E-state index contributed by atoms with van der Waals surface area (Å²) in [6.45, 7) is 0. The largest absolute Gasteiger partial charge is 0.321 e. The summed E-state index contributed by atoms with van der Waals surface area (Å²) in [4.78, 5) is 4.51. The topological polar surface area (TPSA) is 68.0 Å². The van der Waals surface area contributed by atoms with Crippen LogP contribution in [0.15, 0.2) is 128 Å². The summed E-state index contributed by atoms with van der Waals surface area (Å²) < 4.78 is 14.8. The van der Waals surface area contributed by atoms with E-state index in [9.17, 15) is 4.57 Å². The molecule has 3 N–H and O–H groups in total. The van der Waals surface area contributed by atoms with Crippen LogP contribution in [-0.4, -0.2) is 4.98 Å². The van der Waals surface area contributed by atoms with Gasteiger partial charge < -0.3 is 5.73 Å². The first-order valence-electron chi connectivity index (χ1n) is 11.3. The monoisotopic (exact) mass is 463 g/mol. The number of aromatic nitrogens is 1. The van der Waals surface area contributed by atoms with Crippen LogP contribution in [0.3, 0.4) is 0 Å². The number of fused-ring (bicyclic) bond motifs is 1. The van der Waals surface area contributed by atoms with E-state index >= 15 is 0 Å². The number of benzene rings is 4. The summed E-state index contributed by atoms with van der Waals surface area (Å²) in [6, 6.07) is 38.4. The van der Waals surface area contributed by atoms with E-state index in [2.05, 4.69) is 40.4 Å². The second-order valence-electron chi connectivity index (χ2n) is 8.27. The maximum Gasteiger partial charge on any atom is 0.205 e. The predicted octanol–water partition coefficient (Wildman–Crippen LogP) is 5.49. The van der Waals surface area contributed by atoms with Gasteiger partial charge in [-0.1, -0.05) is 78.9 Å². The highest BCUT2D eigenvalue weighted by molar-refractivity contribution is 7.76. The first-order valence-corrected chi connectivity index (χ1v) is 13.0. The van der Waals surface area contributed by atoms with E-state index in [4.69, 9.17) is 5.73 Å². The van der Waals surface area contributed by atoms with Crippen molar-refractivity contribution in [1.29, 1.82) is 0 Å². The molecule has 0 aliphatic carbocycles. The van der Waals surface area contributed by atoms with E-state index in [0.29, 0.717) is 0 Å². The molecule has 5 aromatic rings. The number of nitrogens with one attached hydrogen (secondary N) is 1. The molecule has 0 radical (unpaired) electrons. The van der Waals surface area contributed by atoms with Crippen molar-refractivity contribution in [3.8, 4) is 0 Å². The molecule has 0 bridgehead atoms. The average molecular weight is 464 g/mol. The molecule has 0 aliphatic heterocycles. The molecule has 0 spiro atoms. The molecule has 0 aliphatic rings. The summed E-state index contributed by atoms with van der Waals surface area (Å²) in [5.41, 5.74) is 8.53. The van der Waals surface area contributed by atoms with Gasteiger partial charge in [0.2, 0.25) is 7.29 Å². The molecular formula is C29H26N3OP. The highest BCUT2D eigenvalue weighted by Gasteiger charge is 2.34. The van der Waals surface area contributed by atoms with Crippen molar-refractivity contribution in [3.63, 3.8) is 0 Å². The first-order chi connectivity index (χ1) is 16.6. The predicted molar refractivity (Wildman–Crippen MR) is 141 cm³/mol. The summed E-state index contributed by atoms with van der Waals surface area (Å²) in [5.74, 6) is 0. The molecule has 4 aromatic carbocycles. The van der Waals surface area contributed by atoms with Crippen LogP contribution in [0, 0.1) is 0 Å². The first kappa shape index (κ1) is 22.2. The van der Waals surface area contributed by atoms with E-state index in [1.165, 1.54) is 0 Å². The molecule has 5 rings (SSSR count). The van der Waals surface area contributed by atoms with E-state index in [1.807, 2.05) is 91.0 Å². The Hall–Kier alpha value is -3.56. The Morgan fingerprint density at radius 1 is 0.676 bits per heavy atom. The fourth-order valence-electron chi connectivity index (χ4n) is 4.28. The Kier molecular flexibility index (Phi) is 6.37. The Bertz CT molecular complexity index is 1380. The second-order valence-corrected chi connectivity index (χ2v) is 10.8. The summed E-state index contributed by atoms with van der Waals surface area (Å²) in [5, 5.41) is 7.26. The van der Waals surface area contributed by atoms with Crippen molar-refractivity contribution in [1.82, 2.24) is 10.1 Å². The molecule has 2 atom stereocenters. The molecular weight excluding hydrogens is 437 g/mol. The fourth-order valence-corrected chi connectivity index (χ4v) is 6.76. The van der Waals surface area contributed by atoms with Crippen molar-refractivity contribution >= 4 is 28.7 Å². The van der Waals surface area contributed by atoms with Crippen molar-refractivity contribution in [2.24, 2.45) is 5.73 Å². The van der Waals surface area contributed by atoms with Crippen LogP contribution >= 0.6 is 7.29 Å². The summed E-state index contributed by atoms with van der Waals surface area (Å²) in [7, 11) is -3.24. The normalized spacial score (nSPS) is 13.4. The lowest BCUT2D eigenvalue weighted by Crippen LogP contribution is -2.36. The second kappa shape index (κ2) is 9.74. The van der Waals surface area contributed by atoms with Gasteiger partial charge in [0.05, 0.1) is 17.8 Å². The van der Waals surface area contributed by atoms with E-state index in [0.717, 1.165) is 32.6 Å². The van der Waals surface area contributed by atoms with E-state index < -0.39 is 19.4 Å².